The molecule has 25 heavy (non-hydrogen) atoms. The molecule has 0 saturated carbocycles. The molecule has 3 rings (SSSR count). The Morgan fingerprint density at radius 3 is 2.36 bits per heavy atom. The standard InChI is InChI=1S/C18H15N3O4/c22-16(23)10-20-17(24)11-1-4-14(5-2-11)21-18(25)13-3-6-15-12(9-13)7-8-19-15/h1-9,19H,10H2,(H,20,24)(H,21,25)(H,22,23). The summed E-state index contributed by atoms with van der Waals surface area (Å²) in [7, 11) is 0. The van der Waals surface area contributed by atoms with E-state index in [1.54, 1.807) is 30.5 Å². The number of aliphatic carboxylic acids is 1. The summed E-state index contributed by atoms with van der Waals surface area (Å²) in [4.78, 5) is 37.6. The Morgan fingerprint density at radius 1 is 0.920 bits per heavy atom. The number of benzene rings is 2. The zero-order chi connectivity index (χ0) is 17.8. The first kappa shape index (κ1) is 16.3. The van der Waals surface area contributed by atoms with Gasteiger partial charge in [0.25, 0.3) is 11.8 Å². The van der Waals surface area contributed by atoms with Crippen LogP contribution >= 0.6 is 0 Å². The SMILES string of the molecule is O=C(O)CNC(=O)c1ccc(NC(=O)c2ccc3[nH]ccc3c2)cc1. The Morgan fingerprint density at radius 2 is 1.64 bits per heavy atom. The lowest BCUT2D eigenvalue weighted by atomic mass is 10.1. The van der Waals surface area contributed by atoms with Gasteiger partial charge in [-0.15, -0.1) is 0 Å². The number of carbonyl (C=O) groups is 3. The van der Waals surface area contributed by atoms with Crippen molar-refractivity contribution in [2.45, 2.75) is 0 Å². The van der Waals surface area contributed by atoms with Crippen molar-refractivity contribution in [1.29, 1.82) is 0 Å². The molecule has 0 fully saturated rings. The highest BCUT2D eigenvalue weighted by Crippen LogP contribution is 2.16. The van der Waals surface area contributed by atoms with Gasteiger partial charge >= 0.3 is 5.97 Å². The Kier molecular flexibility index (Phi) is 4.47. The molecule has 1 heterocycles. The fraction of sp³-hybridized carbons (Fsp3) is 0.0556. The summed E-state index contributed by atoms with van der Waals surface area (Å²) in [5.74, 6) is -1.86. The zero-order valence-corrected chi connectivity index (χ0v) is 13.1. The number of amides is 2. The average molecular weight is 337 g/mol. The number of hydrogen-bond donors (Lipinski definition) is 4. The van der Waals surface area contributed by atoms with Crippen LogP contribution in [0.2, 0.25) is 0 Å². The number of aromatic amines is 1. The topological polar surface area (TPSA) is 111 Å². The van der Waals surface area contributed by atoms with Crippen LogP contribution in [-0.2, 0) is 4.79 Å². The van der Waals surface area contributed by atoms with Gasteiger partial charge in [0.2, 0.25) is 0 Å². The van der Waals surface area contributed by atoms with E-state index in [0.29, 0.717) is 16.8 Å². The highest BCUT2D eigenvalue weighted by atomic mass is 16.4. The molecule has 7 heteroatoms. The fourth-order valence-electron chi connectivity index (χ4n) is 2.36. The molecular weight excluding hydrogens is 322 g/mol. The zero-order valence-electron chi connectivity index (χ0n) is 13.1. The molecule has 0 aliphatic heterocycles. The predicted molar refractivity (Wildman–Crippen MR) is 92.7 cm³/mol. The molecule has 7 nitrogen and oxygen atoms in total. The number of carbonyl (C=O) groups excluding carboxylic acids is 2. The first-order valence-electron chi connectivity index (χ1n) is 7.51. The van der Waals surface area contributed by atoms with Gasteiger partial charge in [0.15, 0.2) is 0 Å². The Bertz CT molecular complexity index is 944. The third-order valence-corrected chi connectivity index (χ3v) is 3.62. The van der Waals surface area contributed by atoms with Crippen molar-refractivity contribution >= 4 is 34.4 Å². The van der Waals surface area contributed by atoms with Gasteiger partial charge in [-0.3, -0.25) is 14.4 Å². The highest BCUT2D eigenvalue weighted by Gasteiger charge is 2.10. The van der Waals surface area contributed by atoms with Gasteiger partial charge in [-0.25, -0.2) is 0 Å². The summed E-state index contributed by atoms with van der Waals surface area (Å²) in [6, 6.07) is 13.4. The smallest absolute Gasteiger partial charge is 0.322 e. The number of fused-ring (bicyclic) bond motifs is 1. The Labute approximate surface area is 142 Å². The van der Waals surface area contributed by atoms with E-state index in [4.69, 9.17) is 5.11 Å². The molecule has 0 radical (unpaired) electrons. The first-order valence-corrected chi connectivity index (χ1v) is 7.51. The Hall–Kier alpha value is -3.61. The molecule has 4 N–H and O–H groups in total. The Balaban J connectivity index is 1.67. The summed E-state index contributed by atoms with van der Waals surface area (Å²) in [5, 5.41) is 14.5. The van der Waals surface area contributed by atoms with Gasteiger partial charge in [0, 0.05) is 33.9 Å². The minimum Gasteiger partial charge on any atom is -0.480 e. The van der Waals surface area contributed by atoms with Crippen LogP contribution in [0.5, 0.6) is 0 Å². The molecule has 0 aliphatic rings. The molecule has 0 spiro atoms. The van der Waals surface area contributed by atoms with Gasteiger partial charge in [-0.2, -0.15) is 0 Å². The quantitative estimate of drug-likeness (QED) is 0.572. The van der Waals surface area contributed by atoms with Crippen molar-refractivity contribution in [3.63, 3.8) is 0 Å². The van der Waals surface area contributed by atoms with E-state index < -0.39 is 18.4 Å². The number of hydrogen-bond acceptors (Lipinski definition) is 3. The number of nitrogens with one attached hydrogen (secondary N) is 3. The second kappa shape index (κ2) is 6.88. The molecule has 0 aliphatic carbocycles. The van der Waals surface area contributed by atoms with Gasteiger partial charge in [0.1, 0.15) is 6.54 Å². The maximum atomic E-state index is 12.3. The largest absolute Gasteiger partial charge is 0.480 e. The van der Waals surface area contributed by atoms with E-state index in [0.717, 1.165) is 10.9 Å². The molecule has 3 aromatic rings. The van der Waals surface area contributed by atoms with Gasteiger partial charge in [0.05, 0.1) is 0 Å². The molecule has 0 bridgehead atoms. The van der Waals surface area contributed by atoms with Crippen molar-refractivity contribution < 1.29 is 19.5 Å². The molecule has 2 aromatic carbocycles. The number of aromatic nitrogens is 1. The summed E-state index contributed by atoms with van der Waals surface area (Å²) < 4.78 is 0. The van der Waals surface area contributed by atoms with Crippen LogP contribution in [0.25, 0.3) is 10.9 Å². The van der Waals surface area contributed by atoms with Gasteiger partial charge < -0.3 is 20.7 Å². The van der Waals surface area contributed by atoms with Crippen LogP contribution in [-0.4, -0.2) is 34.4 Å². The van der Waals surface area contributed by atoms with Crippen molar-refractivity contribution in [1.82, 2.24) is 10.3 Å². The molecule has 1 aromatic heterocycles. The number of carboxylic acids is 1. The van der Waals surface area contributed by atoms with E-state index in [9.17, 15) is 14.4 Å². The van der Waals surface area contributed by atoms with Crippen LogP contribution in [0.15, 0.2) is 54.7 Å². The highest BCUT2D eigenvalue weighted by molar-refractivity contribution is 6.06. The lowest BCUT2D eigenvalue weighted by Gasteiger charge is -2.07. The fourth-order valence-corrected chi connectivity index (χ4v) is 2.36. The second-order valence-electron chi connectivity index (χ2n) is 5.39. The van der Waals surface area contributed by atoms with Crippen molar-refractivity contribution in [2.75, 3.05) is 11.9 Å². The molecule has 0 atom stereocenters. The van der Waals surface area contributed by atoms with E-state index in [-0.39, 0.29) is 5.91 Å². The molecular formula is C18H15N3O4. The monoisotopic (exact) mass is 337 g/mol. The average Bonchev–Trinajstić information content (AvgIpc) is 3.08. The third-order valence-electron chi connectivity index (χ3n) is 3.62. The molecule has 0 saturated heterocycles. The normalized spacial score (nSPS) is 10.4. The van der Waals surface area contributed by atoms with Crippen molar-refractivity contribution in [3.05, 3.63) is 65.9 Å². The first-order chi connectivity index (χ1) is 12.0. The van der Waals surface area contributed by atoms with E-state index in [1.165, 1.54) is 12.1 Å². The number of H-pyrrole nitrogens is 1. The summed E-state index contributed by atoms with van der Waals surface area (Å²) in [5.41, 5.74) is 2.32. The maximum Gasteiger partial charge on any atom is 0.322 e. The van der Waals surface area contributed by atoms with E-state index >= 15 is 0 Å². The maximum absolute atomic E-state index is 12.3. The van der Waals surface area contributed by atoms with E-state index in [2.05, 4.69) is 15.6 Å². The lowest BCUT2D eigenvalue weighted by molar-refractivity contribution is -0.135. The lowest BCUT2D eigenvalue weighted by Crippen LogP contribution is -2.29. The van der Waals surface area contributed by atoms with Crippen LogP contribution < -0.4 is 10.6 Å². The van der Waals surface area contributed by atoms with E-state index in [1.807, 2.05) is 12.1 Å². The third kappa shape index (κ3) is 3.84. The van der Waals surface area contributed by atoms with Gasteiger partial charge in [-0.05, 0) is 48.5 Å². The minimum atomic E-state index is -1.11. The van der Waals surface area contributed by atoms with Gasteiger partial charge in [-0.1, -0.05) is 0 Å². The summed E-state index contributed by atoms with van der Waals surface area (Å²) in [6.07, 6.45) is 1.81. The number of anilines is 1. The minimum absolute atomic E-state index is 0.258. The van der Waals surface area contributed by atoms with Crippen LogP contribution in [0.4, 0.5) is 5.69 Å². The van der Waals surface area contributed by atoms with Crippen LogP contribution in [0.1, 0.15) is 20.7 Å². The number of carboxylic acid groups (broad SMARTS) is 1. The van der Waals surface area contributed by atoms with Crippen molar-refractivity contribution in [2.24, 2.45) is 0 Å². The summed E-state index contributed by atoms with van der Waals surface area (Å²) in [6.45, 7) is -0.445. The molecule has 2 amide bonds. The second-order valence-corrected chi connectivity index (χ2v) is 5.39. The number of rotatable bonds is 5. The van der Waals surface area contributed by atoms with Crippen LogP contribution in [0.3, 0.4) is 0 Å². The molecule has 126 valence electrons. The molecule has 0 unspecified atom stereocenters. The van der Waals surface area contributed by atoms with Crippen LogP contribution in [0, 0.1) is 0 Å². The predicted octanol–water partition coefficient (Wildman–Crippen LogP) is 2.23. The summed E-state index contributed by atoms with van der Waals surface area (Å²) >= 11 is 0. The van der Waals surface area contributed by atoms with Crippen molar-refractivity contribution in [3.8, 4) is 0 Å².